The molecule has 3 amide bonds. The highest BCUT2D eigenvalue weighted by molar-refractivity contribution is 8.02. The van der Waals surface area contributed by atoms with Gasteiger partial charge in [0.15, 0.2) is 0 Å². The SMILES string of the molecule is CCCCCN1CC=C[C@]23S[C@@]4(C)C=CCN(c5ccccc5)C(=O)[C@H]4[C@H]2C(=O)N(CCCCCO)C3C1=O. The fraction of sp³-hybridized carbons (Fsp3) is 0.581. The van der Waals surface area contributed by atoms with Crippen LogP contribution in [0.1, 0.15) is 52.4 Å². The van der Waals surface area contributed by atoms with Gasteiger partial charge in [-0.25, -0.2) is 0 Å². The minimum Gasteiger partial charge on any atom is -0.396 e. The van der Waals surface area contributed by atoms with E-state index in [-0.39, 0.29) is 24.3 Å². The zero-order chi connectivity index (χ0) is 27.6. The molecule has 1 aromatic rings. The van der Waals surface area contributed by atoms with Crippen molar-refractivity contribution in [2.75, 3.05) is 37.7 Å². The van der Waals surface area contributed by atoms with Gasteiger partial charge in [0.2, 0.25) is 17.7 Å². The Morgan fingerprint density at radius 1 is 0.872 bits per heavy atom. The molecule has 2 saturated heterocycles. The number of carbonyl (C=O) groups excluding carboxylic acids is 3. The third-order valence-corrected chi connectivity index (χ3v) is 10.6. The Morgan fingerprint density at radius 3 is 2.36 bits per heavy atom. The van der Waals surface area contributed by atoms with E-state index in [1.807, 2.05) is 41.3 Å². The zero-order valence-electron chi connectivity index (χ0n) is 23.1. The summed E-state index contributed by atoms with van der Waals surface area (Å²) in [5.74, 6) is -1.34. The first-order valence-electron chi connectivity index (χ1n) is 14.5. The van der Waals surface area contributed by atoms with Gasteiger partial charge in [-0.15, -0.1) is 11.8 Å². The zero-order valence-corrected chi connectivity index (χ0v) is 23.9. The van der Waals surface area contributed by atoms with Gasteiger partial charge in [0, 0.05) is 43.2 Å². The Morgan fingerprint density at radius 2 is 1.62 bits per heavy atom. The molecule has 1 N–H and O–H groups in total. The Hall–Kier alpha value is -2.58. The molecule has 8 heteroatoms. The minimum atomic E-state index is -0.802. The number of para-hydroxylation sites is 1. The Kier molecular flexibility index (Phi) is 8.24. The molecule has 4 aliphatic heterocycles. The molecule has 0 radical (unpaired) electrons. The number of thioether (sulfide) groups is 1. The fourth-order valence-electron chi connectivity index (χ4n) is 6.97. The van der Waals surface area contributed by atoms with E-state index in [0.717, 1.165) is 37.8 Å². The highest BCUT2D eigenvalue weighted by Crippen LogP contribution is 2.65. The number of hydrogen-bond acceptors (Lipinski definition) is 5. The number of carbonyl (C=O) groups is 3. The maximum absolute atomic E-state index is 14.4. The van der Waals surface area contributed by atoms with Crippen LogP contribution in [0.2, 0.25) is 0 Å². The minimum absolute atomic E-state index is 0.00184. The second-order valence-corrected chi connectivity index (χ2v) is 13.2. The molecule has 1 spiro atoms. The van der Waals surface area contributed by atoms with Crippen molar-refractivity contribution >= 4 is 35.2 Å². The lowest BCUT2D eigenvalue weighted by atomic mass is 9.74. The number of likely N-dealkylation sites (tertiary alicyclic amines) is 1. The van der Waals surface area contributed by atoms with Crippen molar-refractivity contribution in [2.45, 2.75) is 67.9 Å². The lowest BCUT2D eigenvalue weighted by molar-refractivity contribution is -0.142. The molecule has 0 saturated carbocycles. The van der Waals surface area contributed by atoms with E-state index in [4.69, 9.17) is 0 Å². The van der Waals surface area contributed by atoms with Crippen LogP contribution < -0.4 is 4.90 Å². The summed E-state index contributed by atoms with van der Waals surface area (Å²) in [6.45, 7) is 6.45. The van der Waals surface area contributed by atoms with Crippen LogP contribution in [-0.4, -0.2) is 80.9 Å². The first-order chi connectivity index (χ1) is 18.9. The van der Waals surface area contributed by atoms with Crippen molar-refractivity contribution in [3.8, 4) is 0 Å². The average molecular weight is 552 g/mol. The van der Waals surface area contributed by atoms with Gasteiger partial charge in [-0.2, -0.15) is 0 Å². The van der Waals surface area contributed by atoms with E-state index < -0.39 is 27.4 Å². The van der Waals surface area contributed by atoms with E-state index in [0.29, 0.717) is 32.6 Å². The number of aliphatic hydroxyl groups is 1. The number of unbranched alkanes of at least 4 members (excludes halogenated alkanes) is 4. The molecule has 5 rings (SSSR count). The molecule has 1 aromatic carbocycles. The monoisotopic (exact) mass is 551 g/mol. The van der Waals surface area contributed by atoms with Crippen molar-refractivity contribution in [3.05, 3.63) is 54.6 Å². The lowest BCUT2D eigenvalue weighted by Gasteiger charge is -2.37. The number of hydrogen-bond donors (Lipinski definition) is 1. The third kappa shape index (κ3) is 4.84. The number of fused-ring (bicyclic) bond motifs is 2. The summed E-state index contributed by atoms with van der Waals surface area (Å²) in [6.07, 6.45) is 13.5. The van der Waals surface area contributed by atoms with Gasteiger partial charge < -0.3 is 19.8 Å². The van der Waals surface area contributed by atoms with Gasteiger partial charge in [0.1, 0.15) is 6.04 Å². The molecule has 0 bridgehead atoms. The Balaban J connectivity index is 1.55. The van der Waals surface area contributed by atoms with Crippen LogP contribution in [0, 0.1) is 11.8 Å². The first-order valence-corrected chi connectivity index (χ1v) is 15.3. The van der Waals surface area contributed by atoms with Crippen LogP contribution in [0.15, 0.2) is 54.6 Å². The van der Waals surface area contributed by atoms with E-state index in [2.05, 4.69) is 32.1 Å². The number of benzene rings is 1. The smallest absolute Gasteiger partial charge is 0.247 e. The lowest BCUT2D eigenvalue weighted by Crippen LogP contribution is -2.53. The fourth-order valence-corrected chi connectivity index (χ4v) is 9.13. The number of aliphatic hydroxyl groups excluding tert-OH is 1. The predicted molar refractivity (Wildman–Crippen MR) is 155 cm³/mol. The van der Waals surface area contributed by atoms with Crippen molar-refractivity contribution in [2.24, 2.45) is 11.8 Å². The molecular formula is C31H41N3O4S. The van der Waals surface area contributed by atoms with Gasteiger partial charge >= 0.3 is 0 Å². The molecular weight excluding hydrogens is 510 g/mol. The molecule has 39 heavy (non-hydrogen) atoms. The van der Waals surface area contributed by atoms with Crippen LogP contribution in [0.3, 0.4) is 0 Å². The van der Waals surface area contributed by atoms with E-state index >= 15 is 0 Å². The van der Waals surface area contributed by atoms with Crippen LogP contribution in [0.25, 0.3) is 0 Å². The van der Waals surface area contributed by atoms with Gasteiger partial charge in [0.25, 0.3) is 0 Å². The van der Waals surface area contributed by atoms with Gasteiger partial charge in [0.05, 0.1) is 16.6 Å². The summed E-state index contributed by atoms with van der Waals surface area (Å²) in [7, 11) is 0. The quantitative estimate of drug-likeness (QED) is 0.351. The summed E-state index contributed by atoms with van der Waals surface area (Å²) in [6, 6.07) is 9.01. The molecule has 0 aliphatic carbocycles. The molecule has 2 fully saturated rings. The average Bonchev–Trinajstić information content (AvgIpc) is 3.19. The molecule has 210 valence electrons. The van der Waals surface area contributed by atoms with Gasteiger partial charge in [-0.05, 0) is 44.7 Å². The van der Waals surface area contributed by atoms with Crippen molar-refractivity contribution in [1.82, 2.24) is 9.80 Å². The molecule has 1 unspecified atom stereocenters. The normalized spacial score (nSPS) is 31.8. The standard InChI is InChI=1S/C31H41N3O4S/c1-3-4-9-18-32-19-13-17-31-25(28(37)34(26(31)29(32)38)20-10-6-11-22-35)24-27(36)33(23-14-7-5-8-15-23)21-12-16-30(24,2)39-31/h5,7-8,12-17,24-26,35H,3-4,6,9-11,18-22H2,1-2H3/t24-,25+,26?,30+,31+/m1/s1. The topological polar surface area (TPSA) is 81.2 Å². The summed E-state index contributed by atoms with van der Waals surface area (Å²) in [5.41, 5.74) is 0.819. The molecule has 7 nitrogen and oxygen atoms in total. The summed E-state index contributed by atoms with van der Waals surface area (Å²) in [5, 5.41) is 9.27. The number of rotatable bonds is 10. The van der Waals surface area contributed by atoms with Crippen LogP contribution in [-0.2, 0) is 14.4 Å². The maximum atomic E-state index is 14.4. The highest BCUT2D eigenvalue weighted by atomic mass is 32.2. The largest absolute Gasteiger partial charge is 0.396 e. The van der Waals surface area contributed by atoms with Crippen LogP contribution in [0.5, 0.6) is 0 Å². The summed E-state index contributed by atoms with van der Waals surface area (Å²) < 4.78 is -1.41. The van der Waals surface area contributed by atoms with Gasteiger partial charge in [-0.3, -0.25) is 14.4 Å². The molecule has 0 aromatic heterocycles. The molecule has 4 aliphatic rings. The second-order valence-electron chi connectivity index (χ2n) is 11.4. The maximum Gasteiger partial charge on any atom is 0.247 e. The first kappa shape index (κ1) is 28.0. The van der Waals surface area contributed by atoms with Crippen molar-refractivity contribution < 1.29 is 19.5 Å². The third-order valence-electron chi connectivity index (χ3n) is 8.80. The van der Waals surface area contributed by atoms with E-state index in [1.165, 1.54) is 0 Å². The Bertz CT molecular complexity index is 1140. The number of anilines is 1. The van der Waals surface area contributed by atoms with Gasteiger partial charge in [-0.1, -0.05) is 62.3 Å². The Labute approximate surface area is 236 Å². The summed E-state index contributed by atoms with van der Waals surface area (Å²) >= 11 is 1.64. The number of nitrogens with zero attached hydrogens (tertiary/aromatic N) is 3. The van der Waals surface area contributed by atoms with Crippen molar-refractivity contribution in [1.29, 1.82) is 0 Å². The second kappa shape index (κ2) is 11.5. The summed E-state index contributed by atoms with van der Waals surface area (Å²) in [4.78, 5) is 48.5. The van der Waals surface area contributed by atoms with Crippen LogP contribution in [0.4, 0.5) is 5.69 Å². The van der Waals surface area contributed by atoms with Crippen molar-refractivity contribution in [3.63, 3.8) is 0 Å². The molecule has 4 heterocycles. The van der Waals surface area contributed by atoms with Crippen LogP contribution >= 0.6 is 11.8 Å². The number of amides is 3. The molecule has 5 atom stereocenters. The predicted octanol–water partition coefficient (Wildman–Crippen LogP) is 4.03. The highest BCUT2D eigenvalue weighted by Gasteiger charge is 2.73. The van der Waals surface area contributed by atoms with E-state index in [1.54, 1.807) is 21.6 Å². The van der Waals surface area contributed by atoms with E-state index in [9.17, 15) is 19.5 Å².